The van der Waals surface area contributed by atoms with E-state index in [4.69, 9.17) is 14.9 Å². The Morgan fingerprint density at radius 1 is 1.00 bits per heavy atom. The van der Waals surface area contributed by atoms with Crippen LogP contribution in [0.15, 0.2) is 52.9 Å². The van der Waals surface area contributed by atoms with Gasteiger partial charge in [0.25, 0.3) is 0 Å². The summed E-state index contributed by atoms with van der Waals surface area (Å²) in [6.07, 6.45) is 2.61. The third-order valence-electron chi connectivity index (χ3n) is 3.71. The Hall–Kier alpha value is -3.08. The maximum Gasteiger partial charge on any atom is 0.247 e. The largest absolute Gasteiger partial charge is 0.488 e. The van der Waals surface area contributed by atoms with Gasteiger partial charge in [0.2, 0.25) is 11.8 Å². The molecule has 0 spiro atoms. The molecular weight excluding hydrogens is 290 g/mol. The van der Waals surface area contributed by atoms with Gasteiger partial charge in [-0.15, -0.1) is 10.2 Å². The zero-order valence-corrected chi connectivity index (χ0v) is 12.4. The zero-order valence-electron chi connectivity index (χ0n) is 12.4. The Morgan fingerprint density at radius 3 is 2.70 bits per heavy atom. The van der Waals surface area contributed by atoms with Crippen LogP contribution in [0.3, 0.4) is 0 Å². The molecule has 2 N–H and O–H groups in total. The number of nitrogen functional groups attached to an aromatic ring is 1. The van der Waals surface area contributed by atoms with Crippen LogP contribution < -0.4 is 10.5 Å². The first-order valence-electron chi connectivity index (χ1n) is 7.37. The molecule has 114 valence electrons. The molecule has 0 unspecified atom stereocenters. The summed E-state index contributed by atoms with van der Waals surface area (Å²) < 4.78 is 11.5. The van der Waals surface area contributed by atoms with Crippen LogP contribution in [0.2, 0.25) is 0 Å². The fraction of sp³-hybridized carbons (Fsp3) is 0.111. The van der Waals surface area contributed by atoms with Crippen LogP contribution in [0.5, 0.6) is 5.75 Å². The van der Waals surface area contributed by atoms with E-state index in [9.17, 15) is 0 Å². The van der Waals surface area contributed by atoms with Gasteiger partial charge < -0.3 is 14.9 Å². The van der Waals surface area contributed by atoms with Crippen molar-refractivity contribution >= 4 is 17.3 Å². The van der Waals surface area contributed by atoms with Crippen LogP contribution in [0.1, 0.15) is 22.9 Å². The van der Waals surface area contributed by atoms with E-state index in [-0.39, 0.29) is 0 Å². The molecule has 5 heteroatoms. The van der Waals surface area contributed by atoms with Crippen LogP contribution >= 0.6 is 0 Å². The number of anilines is 1. The first-order valence-corrected chi connectivity index (χ1v) is 7.37. The Labute approximate surface area is 133 Å². The van der Waals surface area contributed by atoms with Crippen molar-refractivity contribution in [2.24, 2.45) is 0 Å². The van der Waals surface area contributed by atoms with Gasteiger partial charge in [-0.2, -0.15) is 0 Å². The van der Waals surface area contributed by atoms with Crippen molar-refractivity contribution in [1.82, 2.24) is 10.2 Å². The van der Waals surface area contributed by atoms with Gasteiger partial charge in [0.05, 0.1) is 12.0 Å². The van der Waals surface area contributed by atoms with Gasteiger partial charge in [-0.05, 0) is 29.8 Å². The molecule has 0 amide bonds. The van der Waals surface area contributed by atoms with Crippen molar-refractivity contribution in [3.8, 4) is 5.75 Å². The van der Waals surface area contributed by atoms with Crippen molar-refractivity contribution in [1.29, 1.82) is 0 Å². The summed E-state index contributed by atoms with van der Waals surface area (Å²) >= 11 is 0. The van der Waals surface area contributed by atoms with Crippen LogP contribution in [-0.4, -0.2) is 16.8 Å². The summed E-state index contributed by atoms with van der Waals surface area (Å²) in [5.74, 6) is 1.95. The quantitative estimate of drug-likeness (QED) is 0.752. The molecule has 0 aliphatic carbocycles. The van der Waals surface area contributed by atoms with E-state index in [0.29, 0.717) is 24.8 Å². The standard InChI is InChI=1S/C18H15N3O2/c19-15-7-5-12(6-8-15)9-17-20-21-18(23-17)14-10-13-3-1-2-4-16(13)22-11-14/h1-8,10H,9,11,19H2. The van der Waals surface area contributed by atoms with Gasteiger partial charge in [0, 0.05) is 11.3 Å². The maximum absolute atomic E-state index is 5.77. The maximum atomic E-state index is 5.77. The Morgan fingerprint density at radius 2 is 1.83 bits per heavy atom. The van der Waals surface area contributed by atoms with E-state index >= 15 is 0 Å². The highest BCUT2D eigenvalue weighted by molar-refractivity contribution is 5.82. The molecule has 0 fully saturated rings. The monoisotopic (exact) mass is 305 g/mol. The lowest BCUT2D eigenvalue weighted by molar-refractivity contribution is 0.359. The highest BCUT2D eigenvalue weighted by atomic mass is 16.5. The number of nitrogens with zero attached hydrogens (tertiary/aromatic N) is 2. The van der Waals surface area contributed by atoms with E-state index in [1.54, 1.807) is 0 Å². The fourth-order valence-electron chi connectivity index (χ4n) is 2.50. The SMILES string of the molecule is Nc1ccc(Cc2nnc(C3=Cc4ccccc4OC3)o2)cc1. The van der Waals surface area contributed by atoms with E-state index in [0.717, 1.165) is 28.1 Å². The van der Waals surface area contributed by atoms with Gasteiger partial charge in [-0.1, -0.05) is 30.3 Å². The molecule has 1 aliphatic heterocycles. The number of ether oxygens (including phenoxy) is 1. The molecule has 0 saturated carbocycles. The van der Waals surface area contributed by atoms with Crippen molar-refractivity contribution < 1.29 is 9.15 Å². The Balaban J connectivity index is 1.57. The van der Waals surface area contributed by atoms with Crippen LogP contribution in [-0.2, 0) is 6.42 Å². The number of hydrogen-bond acceptors (Lipinski definition) is 5. The summed E-state index contributed by atoms with van der Waals surface area (Å²) in [5.41, 5.74) is 9.41. The molecule has 0 saturated heterocycles. The topological polar surface area (TPSA) is 74.2 Å². The van der Waals surface area contributed by atoms with Crippen LogP contribution in [0, 0.1) is 0 Å². The predicted octanol–water partition coefficient (Wildman–Crippen LogP) is 3.18. The number of rotatable bonds is 3. The second kappa shape index (κ2) is 5.61. The number of para-hydroxylation sites is 1. The predicted molar refractivity (Wildman–Crippen MR) is 87.8 cm³/mol. The van der Waals surface area contributed by atoms with E-state index in [2.05, 4.69) is 10.2 Å². The fourth-order valence-corrected chi connectivity index (χ4v) is 2.50. The lowest BCUT2D eigenvalue weighted by atomic mass is 10.1. The van der Waals surface area contributed by atoms with Crippen molar-refractivity contribution in [2.45, 2.75) is 6.42 Å². The minimum Gasteiger partial charge on any atom is -0.488 e. The first kappa shape index (κ1) is 13.6. The molecule has 0 bridgehead atoms. The Bertz CT molecular complexity index is 866. The van der Waals surface area contributed by atoms with E-state index in [1.165, 1.54) is 0 Å². The summed E-state index contributed by atoms with van der Waals surface area (Å²) in [6.45, 7) is 0.431. The molecule has 2 heterocycles. The number of fused-ring (bicyclic) bond motifs is 1. The van der Waals surface area contributed by atoms with Crippen molar-refractivity contribution in [2.75, 3.05) is 12.3 Å². The molecule has 23 heavy (non-hydrogen) atoms. The molecule has 1 aliphatic rings. The average molecular weight is 305 g/mol. The van der Waals surface area contributed by atoms with Gasteiger partial charge in [-0.3, -0.25) is 0 Å². The normalized spacial score (nSPS) is 13.1. The molecule has 3 aromatic rings. The lowest BCUT2D eigenvalue weighted by Crippen LogP contribution is -2.06. The molecule has 5 nitrogen and oxygen atoms in total. The summed E-state index contributed by atoms with van der Waals surface area (Å²) in [7, 11) is 0. The molecule has 0 radical (unpaired) electrons. The minimum absolute atomic E-state index is 0.431. The van der Waals surface area contributed by atoms with E-state index in [1.807, 2.05) is 54.6 Å². The van der Waals surface area contributed by atoms with Gasteiger partial charge in [0.1, 0.15) is 12.4 Å². The molecule has 1 aromatic heterocycles. The minimum atomic E-state index is 0.431. The third-order valence-corrected chi connectivity index (χ3v) is 3.71. The van der Waals surface area contributed by atoms with E-state index < -0.39 is 0 Å². The molecule has 0 atom stereocenters. The van der Waals surface area contributed by atoms with Gasteiger partial charge in [0.15, 0.2) is 0 Å². The molecule has 4 rings (SSSR count). The summed E-state index contributed by atoms with van der Waals surface area (Å²) in [4.78, 5) is 0. The molecule has 2 aromatic carbocycles. The van der Waals surface area contributed by atoms with Crippen molar-refractivity contribution in [3.63, 3.8) is 0 Å². The number of aromatic nitrogens is 2. The average Bonchev–Trinajstić information content (AvgIpc) is 3.05. The lowest BCUT2D eigenvalue weighted by Gasteiger charge is -2.15. The third kappa shape index (κ3) is 2.81. The number of hydrogen-bond donors (Lipinski definition) is 1. The van der Waals surface area contributed by atoms with Crippen molar-refractivity contribution in [3.05, 3.63) is 71.4 Å². The van der Waals surface area contributed by atoms with Gasteiger partial charge in [-0.25, -0.2) is 0 Å². The highest BCUT2D eigenvalue weighted by Gasteiger charge is 2.17. The smallest absolute Gasteiger partial charge is 0.247 e. The summed E-state index contributed by atoms with van der Waals surface area (Å²) in [6, 6.07) is 15.5. The second-order valence-electron chi connectivity index (χ2n) is 5.42. The highest BCUT2D eigenvalue weighted by Crippen LogP contribution is 2.29. The first-order chi connectivity index (χ1) is 11.3. The van der Waals surface area contributed by atoms with Gasteiger partial charge >= 0.3 is 0 Å². The number of benzene rings is 2. The van der Waals surface area contributed by atoms with Crippen LogP contribution in [0.4, 0.5) is 5.69 Å². The molecular formula is C18H15N3O2. The Kier molecular flexibility index (Phi) is 3.31. The number of nitrogens with two attached hydrogens (primary N) is 1. The van der Waals surface area contributed by atoms with Crippen LogP contribution in [0.25, 0.3) is 11.6 Å². The zero-order chi connectivity index (χ0) is 15.6. The second-order valence-corrected chi connectivity index (χ2v) is 5.42. The summed E-state index contributed by atoms with van der Waals surface area (Å²) in [5, 5.41) is 8.26.